The fourth-order valence-corrected chi connectivity index (χ4v) is 1.60. The highest BCUT2D eigenvalue weighted by atomic mass is 35.5. The standard InChI is InChI=1S/C11H16ClNO/c12-7-3-5-9-4-1-2-6-10(9)11(14)8-13/h1-2,4,6,11,14H,3,5,7-8,13H2/t11-/m0/s1. The van der Waals surface area contributed by atoms with Gasteiger partial charge in [0.05, 0.1) is 6.10 Å². The van der Waals surface area contributed by atoms with Gasteiger partial charge in [-0.2, -0.15) is 0 Å². The highest BCUT2D eigenvalue weighted by Crippen LogP contribution is 2.18. The first-order chi connectivity index (χ1) is 6.79. The summed E-state index contributed by atoms with van der Waals surface area (Å²) in [7, 11) is 0. The van der Waals surface area contributed by atoms with Gasteiger partial charge in [0.1, 0.15) is 0 Å². The minimum Gasteiger partial charge on any atom is -0.387 e. The molecule has 2 nitrogen and oxygen atoms in total. The first-order valence-corrected chi connectivity index (χ1v) is 5.35. The van der Waals surface area contributed by atoms with E-state index in [4.69, 9.17) is 17.3 Å². The van der Waals surface area contributed by atoms with Gasteiger partial charge in [-0.15, -0.1) is 11.6 Å². The van der Waals surface area contributed by atoms with Crippen LogP contribution in [0.15, 0.2) is 24.3 Å². The molecule has 14 heavy (non-hydrogen) atoms. The molecular weight excluding hydrogens is 198 g/mol. The number of aryl methyl sites for hydroxylation is 1. The normalized spacial score (nSPS) is 12.8. The molecule has 0 radical (unpaired) electrons. The van der Waals surface area contributed by atoms with Crippen LogP contribution in [0.3, 0.4) is 0 Å². The van der Waals surface area contributed by atoms with Crippen LogP contribution < -0.4 is 5.73 Å². The van der Waals surface area contributed by atoms with Crippen LogP contribution in [0.4, 0.5) is 0 Å². The Morgan fingerprint density at radius 2 is 2.07 bits per heavy atom. The number of halogens is 1. The highest BCUT2D eigenvalue weighted by molar-refractivity contribution is 6.17. The number of hydrogen-bond donors (Lipinski definition) is 2. The minimum absolute atomic E-state index is 0.262. The maximum atomic E-state index is 9.65. The Morgan fingerprint density at radius 1 is 1.36 bits per heavy atom. The van der Waals surface area contributed by atoms with Crippen molar-refractivity contribution in [1.29, 1.82) is 0 Å². The average Bonchev–Trinajstić information content (AvgIpc) is 2.25. The molecule has 3 heteroatoms. The highest BCUT2D eigenvalue weighted by Gasteiger charge is 2.09. The number of hydrogen-bond acceptors (Lipinski definition) is 2. The molecule has 0 bridgehead atoms. The molecule has 0 saturated heterocycles. The van der Waals surface area contributed by atoms with E-state index in [1.807, 2.05) is 24.3 Å². The first-order valence-electron chi connectivity index (χ1n) is 4.81. The lowest BCUT2D eigenvalue weighted by molar-refractivity contribution is 0.185. The van der Waals surface area contributed by atoms with Gasteiger partial charge in [0, 0.05) is 12.4 Å². The quantitative estimate of drug-likeness (QED) is 0.734. The summed E-state index contributed by atoms with van der Waals surface area (Å²) >= 11 is 5.63. The maximum Gasteiger partial charge on any atom is 0.0914 e. The van der Waals surface area contributed by atoms with E-state index in [0.29, 0.717) is 5.88 Å². The Labute approximate surface area is 89.7 Å². The molecule has 0 fully saturated rings. The van der Waals surface area contributed by atoms with E-state index in [0.717, 1.165) is 24.0 Å². The van der Waals surface area contributed by atoms with Crippen LogP contribution in [0.5, 0.6) is 0 Å². The van der Waals surface area contributed by atoms with E-state index in [1.54, 1.807) is 0 Å². The van der Waals surface area contributed by atoms with E-state index in [1.165, 1.54) is 0 Å². The summed E-state index contributed by atoms with van der Waals surface area (Å²) in [5.74, 6) is 0.646. The number of rotatable bonds is 5. The lowest BCUT2D eigenvalue weighted by Gasteiger charge is -2.13. The second-order valence-electron chi connectivity index (χ2n) is 3.24. The minimum atomic E-state index is -0.554. The summed E-state index contributed by atoms with van der Waals surface area (Å²) in [6, 6.07) is 7.82. The molecule has 1 atom stereocenters. The van der Waals surface area contributed by atoms with Gasteiger partial charge in [0.15, 0.2) is 0 Å². The van der Waals surface area contributed by atoms with Crippen molar-refractivity contribution in [3.63, 3.8) is 0 Å². The predicted octanol–water partition coefficient (Wildman–Crippen LogP) is 1.85. The maximum absolute atomic E-state index is 9.65. The number of nitrogens with two attached hydrogens (primary N) is 1. The summed E-state index contributed by atoms with van der Waals surface area (Å²) in [5, 5.41) is 9.65. The second kappa shape index (κ2) is 6.02. The zero-order chi connectivity index (χ0) is 10.4. The van der Waals surface area contributed by atoms with E-state index < -0.39 is 6.10 Å². The number of alkyl halides is 1. The van der Waals surface area contributed by atoms with Crippen molar-refractivity contribution in [2.45, 2.75) is 18.9 Å². The number of aliphatic hydroxyl groups is 1. The van der Waals surface area contributed by atoms with E-state index >= 15 is 0 Å². The third-order valence-electron chi connectivity index (χ3n) is 2.22. The van der Waals surface area contributed by atoms with Crippen LogP contribution in [0.1, 0.15) is 23.7 Å². The molecule has 1 aromatic carbocycles. The average molecular weight is 214 g/mol. The van der Waals surface area contributed by atoms with Crippen molar-refractivity contribution in [2.24, 2.45) is 5.73 Å². The zero-order valence-electron chi connectivity index (χ0n) is 8.12. The Hall–Kier alpha value is -0.570. The van der Waals surface area contributed by atoms with Gasteiger partial charge in [-0.1, -0.05) is 24.3 Å². The van der Waals surface area contributed by atoms with Gasteiger partial charge in [-0.05, 0) is 24.0 Å². The molecule has 0 saturated carbocycles. The van der Waals surface area contributed by atoms with Crippen molar-refractivity contribution in [3.8, 4) is 0 Å². The molecule has 1 rings (SSSR count). The van der Waals surface area contributed by atoms with Crippen LogP contribution >= 0.6 is 11.6 Å². The second-order valence-corrected chi connectivity index (χ2v) is 3.62. The van der Waals surface area contributed by atoms with Gasteiger partial charge >= 0.3 is 0 Å². The molecule has 1 aromatic rings. The smallest absolute Gasteiger partial charge is 0.0914 e. The van der Waals surface area contributed by atoms with Gasteiger partial charge in [-0.3, -0.25) is 0 Å². The number of benzene rings is 1. The van der Waals surface area contributed by atoms with E-state index in [9.17, 15) is 5.11 Å². The Bertz CT molecular complexity index is 278. The molecule has 0 spiro atoms. The van der Waals surface area contributed by atoms with Crippen LogP contribution in [0.2, 0.25) is 0 Å². The first kappa shape index (κ1) is 11.5. The van der Waals surface area contributed by atoms with Crippen molar-refractivity contribution >= 4 is 11.6 Å². The summed E-state index contributed by atoms with van der Waals surface area (Å²) in [5.41, 5.74) is 7.50. The van der Waals surface area contributed by atoms with Crippen molar-refractivity contribution in [1.82, 2.24) is 0 Å². The summed E-state index contributed by atoms with van der Waals surface area (Å²) < 4.78 is 0. The molecule has 0 unspecified atom stereocenters. The predicted molar refractivity (Wildman–Crippen MR) is 59.5 cm³/mol. The van der Waals surface area contributed by atoms with Crippen LogP contribution in [-0.2, 0) is 6.42 Å². The summed E-state index contributed by atoms with van der Waals surface area (Å²) in [6.45, 7) is 0.262. The Balaban J connectivity index is 2.79. The number of aliphatic hydroxyl groups excluding tert-OH is 1. The Morgan fingerprint density at radius 3 is 2.71 bits per heavy atom. The van der Waals surface area contributed by atoms with Gasteiger partial charge in [-0.25, -0.2) is 0 Å². The molecule has 0 aliphatic carbocycles. The fourth-order valence-electron chi connectivity index (χ4n) is 1.47. The van der Waals surface area contributed by atoms with E-state index in [-0.39, 0.29) is 6.54 Å². The third kappa shape index (κ3) is 2.98. The zero-order valence-corrected chi connectivity index (χ0v) is 8.87. The Kier molecular flexibility index (Phi) is 4.94. The van der Waals surface area contributed by atoms with Gasteiger partial charge in [0.2, 0.25) is 0 Å². The lowest BCUT2D eigenvalue weighted by Crippen LogP contribution is -2.13. The molecule has 0 aromatic heterocycles. The van der Waals surface area contributed by atoms with Crippen molar-refractivity contribution in [3.05, 3.63) is 35.4 Å². The molecule has 0 aliphatic heterocycles. The molecular formula is C11H16ClNO. The summed E-state index contributed by atoms with van der Waals surface area (Å²) in [4.78, 5) is 0. The largest absolute Gasteiger partial charge is 0.387 e. The summed E-state index contributed by atoms with van der Waals surface area (Å²) in [6.07, 6.45) is 1.27. The van der Waals surface area contributed by atoms with Crippen molar-refractivity contribution in [2.75, 3.05) is 12.4 Å². The van der Waals surface area contributed by atoms with Gasteiger partial charge < -0.3 is 10.8 Å². The van der Waals surface area contributed by atoms with Crippen LogP contribution in [-0.4, -0.2) is 17.5 Å². The topological polar surface area (TPSA) is 46.2 Å². The molecule has 3 N–H and O–H groups in total. The molecule has 78 valence electrons. The van der Waals surface area contributed by atoms with E-state index in [2.05, 4.69) is 0 Å². The lowest BCUT2D eigenvalue weighted by atomic mass is 9.99. The molecule has 0 aliphatic rings. The fraction of sp³-hybridized carbons (Fsp3) is 0.455. The molecule has 0 amide bonds. The SMILES string of the molecule is NC[C@H](O)c1ccccc1CCCCl. The third-order valence-corrected chi connectivity index (χ3v) is 2.48. The van der Waals surface area contributed by atoms with Crippen LogP contribution in [0, 0.1) is 0 Å². The monoisotopic (exact) mass is 213 g/mol. The van der Waals surface area contributed by atoms with Gasteiger partial charge in [0.25, 0.3) is 0 Å². The van der Waals surface area contributed by atoms with Crippen LogP contribution in [0.25, 0.3) is 0 Å². The molecule has 0 heterocycles. The van der Waals surface area contributed by atoms with Crippen molar-refractivity contribution < 1.29 is 5.11 Å².